The van der Waals surface area contributed by atoms with Gasteiger partial charge in [-0.15, -0.1) is 11.3 Å². The average Bonchev–Trinajstić information content (AvgIpc) is 3.07. The zero-order chi connectivity index (χ0) is 20.1. The summed E-state index contributed by atoms with van der Waals surface area (Å²) < 4.78 is 0.963. The van der Waals surface area contributed by atoms with E-state index in [1.165, 1.54) is 11.3 Å². The van der Waals surface area contributed by atoms with Gasteiger partial charge in [-0.2, -0.15) is 0 Å². The van der Waals surface area contributed by atoms with Crippen molar-refractivity contribution in [3.05, 3.63) is 34.7 Å². The number of nitrogens with one attached hydrogen (secondary N) is 1. The molecule has 0 atom stereocenters. The van der Waals surface area contributed by atoms with Gasteiger partial charge in [-0.3, -0.25) is 19.6 Å². The second-order valence-electron chi connectivity index (χ2n) is 7.20. The predicted molar refractivity (Wildman–Crippen MR) is 107 cm³/mol. The minimum Gasteiger partial charge on any atom is -0.365 e. The fourth-order valence-corrected chi connectivity index (χ4v) is 4.89. The second-order valence-corrected chi connectivity index (χ2v) is 8.25. The molecule has 0 aliphatic carbocycles. The van der Waals surface area contributed by atoms with Gasteiger partial charge in [0.05, 0.1) is 11.3 Å². The molecule has 1 aromatic carbocycles. The molecule has 28 heavy (non-hydrogen) atoms. The molecule has 150 valence electrons. The van der Waals surface area contributed by atoms with Crippen LogP contribution in [0, 0.1) is 5.92 Å². The first-order chi connectivity index (χ1) is 13.5. The number of rotatable bonds is 7. The van der Waals surface area contributed by atoms with Gasteiger partial charge in [0.25, 0.3) is 5.91 Å². The Kier molecular flexibility index (Phi) is 6.64. The van der Waals surface area contributed by atoms with Crippen LogP contribution in [0.1, 0.15) is 47.3 Å². The molecule has 2 heterocycles. The van der Waals surface area contributed by atoms with Crippen LogP contribution in [0.25, 0.3) is 10.1 Å². The van der Waals surface area contributed by atoms with Gasteiger partial charge < -0.3 is 10.6 Å². The summed E-state index contributed by atoms with van der Waals surface area (Å²) in [4.78, 5) is 38.0. The Bertz CT molecular complexity index is 871. The van der Waals surface area contributed by atoms with E-state index in [9.17, 15) is 14.4 Å². The molecule has 1 aromatic heterocycles. The molecule has 1 aliphatic rings. The summed E-state index contributed by atoms with van der Waals surface area (Å²) in [5, 5.41) is 9.44. The number of piperidine rings is 1. The predicted octanol–water partition coefficient (Wildman–Crippen LogP) is 2.46. The molecule has 7 nitrogen and oxygen atoms in total. The lowest BCUT2D eigenvalue weighted by Gasteiger charge is -2.32. The van der Waals surface area contributed by atoms with Crippen LogP contribution < -0.4 is 11.2 Å². The van der Waals surface area contributed by atoms with Crippen LogP contribution in [0.4, 0.5) is 0 Å². The van der Waals surface area contributed by atoms with Crippen molar-refractivity contribution in [3.63, 3.8) is 0 Å². The van der Waals surface area contributed by atoms with Crippen molar-refractivity contribution in [1.82, 2.24) is 10.4 Å². The van der Waals surface area contributed by atoms with E-state index in [0.717, 1.165) is 41.3 Å². The second kappa shape index (κ2) is 9.16. The van der Waals surface area contributed by atoms with Gasteiger partial charge in [0.2, 0.25) is 11.8 Å². The molecule has 2 aromatic rings. The first kappa shape index (κ1) is 20.3. The average molecular weight is 404 g/mol. The lowest BCUT2D eigenvalue weighted by Crippen LogP contribution is -2.39. The molecule has 0 bridgehead atoms. The summed E-state index contributed by atoms with van der Waals surface area (Å²) >= 11 is 1.34. The Morgan fingerprint density at radius 3 is 2.61 bits per heavy atom. The number of nitrogens with two attached hydrogens (primary N) is 1. The number of primary amides is 1. The number of amides is 3. The summed E-state index contributed by atoms with van der Waals surface area (Å²) in [6.45, 7) is 1.37. The summed E-state index contributed by atoms with van der Waals surface area (Å²) in [7, 11) is 0. The van der Waals surface area contributed by atoms with Crippen molar-refractivity contribution in [2.24, 2.45) is 11.7 Å². The number of thiophene rings is 1. The Hall–Kier alpha value is -2.45. The van der Waals surface area contributed by atoms with Crippen LogP contribution in [-0.2, 0) is 16.0 Å². The highest BCUT2D eigenvalue weighted by atomic mass is 32.1. The molecule has 0 spiro atoms. The third-order valence-electron chi connectivity index (χ3n) is 5.36. The molecule has 3 rings (SSSR count). The molecule has 1 aliphatic heterocycles. The van der Waals surface area contributed by atoms with Gasteiger partial charge in [0, 0.05) is 24.2 Å². The molecular weight excluding hydrogens is 378 g/mol. The Labute approximate surface area is 167 Å². The largest absolute Gasteiger partial charge is 0.365 e. The standard InChI is InChI=1S/C20H25N3O4S/c21-20(26)19-15(14-5-1-2-6-16(14)28-19)12-18(25)23-10-8-13(9-11-23)4-3-7-17(24)22-27/h1-2,5-6,13,27H,3-4,7-12H2,(H2,21,26)(H,22,24). The third-order valence-corrected chi connectivity index (χ3v) is 6.59. The molecule has 1 fully saturated rings. The van der Waals surface area contributed by atoms with E-state index in [1.54, 1.807) is 5.48 Å². The smallest absolute Gasteiger partial charge is 0.259 e. The van der Waals surface area contributed by atoms with E-state index in [4.69, 9.17) is 10.9 Å². The number of carbonyl (C=O) groups excluding carboxylic acids is 3. The first-order valence-electron chi connectivity index (χ1n) is 9.50. The van der Waals surface area contributed by atoms with Crippen LogP contribution in [0.2, 0.25) is 0 Å². The highest BCUT2D eigenvalue weighted by Gasteiger charge is 2.25. The van der Waals surface area contributed by atoms with E-state index < -0.39 is 5.91 Å². The van der Waals surface area contributed by atoms with Crippen molar-refractivity contribution in [3.8, 4) is 0 Å². The maximum Gasteiger partial charge on any atom is 0.259 e. The van der Waals surface area contributed by atoms with Gasteiger partial charge in [0.1, 0.15) is 0 Å². The maximum absolute atomic E-state index is 12.8. The van der Waals surface area contributed by atoms with Gasteiger partial charge in [0.15, 0.2) is 0 Å². The summed E-state index contributed by atoms with van der Waals surface area (Å²) in [5.74, 6) is -0.349. The molecule has 0 unspecified atom stereocenters. The maximum atomic E-state index is 12.8. The van der Waals surface area contributed by atoms with Gasteiger partial charge in [-0.1, -0.05) is 18.2 Å². The normalized spacial score (nSPS) is 15.0. The molecule has 0 saturated carbocycles. The minimum atomic E-state index is -0.491. The Balaban J connectivity index is 1.58. The van der Waals surface area contributed by atoms with Crippen molar-refractivity contribution < 1.29 is 19.6 Å². The zero-order valence-corrected chi connectivity index (χ0v) is 16.5. The summed E-state index contributed by atoms with van der Waals surface area (Å²) in [6, 6.07) is 7.67. The quantitative estimate of drug-likeness (QED) is 0.487. The third kappa shape index (κ3) is 4.69. The van der Waals surface area contributed by atoms with Gasteiger partial charge in [-0.05, 0) is 48.6 Å². The molecule has 4 N–H and O–H groups in total. The van der Waals surface area contributed by atoms with Crippen LogP contribution in [0.5, 0.6) is 0 Å². The number of carbonyl (C=O) groups is 3. The van der Waals surface area contributed by atoms with Crippen molar-refractivity contribution in [2.45, 2.75) is 38.5 Å². The fraction of sp³-hybridized carbons (Fsp3) is 0.450. The number of likely N-dealkylation sites (tertiary alicyclic amines) is 1. The highest BCUT2D eigenvalue weighted by molar-refractivity contribution is 7.21. The van der Waals surface area contributed by atoms with Gasteiger partial charge >= 0.3 is 0 Å². The molecule has 0 radical (unpaired) electrons. The summed E-state index contributed by atoms with van der Waals surface area (Å²) in [6.07, 6.45) is 3.95. The number of hydrogen-bond donors (Lipinski definition) is 3. The monoisotopic (exact) mass is 403 g/mol. The van der Waals surface area contributed by atoms with Crippen molar-refractivity contribution in [1.29, 1.82) is 0 Å². The number of fused-ring (bicyclic) bond motifs is 1. The Morgan fingerprint density at radius 2 is 1.93 bits per heavy atom. The lowest BCUT2D eigenvalue weighted by molar-refractivity contribution is -0.131. The van der Waals surface area contributed by atoms with Crippen molar-refractivity contribution >= 4 is 39.1 Å². The fourth-order valence-electron chi connectivity index (χ4n) is 3.81. The summed E-state index contributed by atoms with van der Waals surface area (Å²) in [5.41, 5.74) is 7.91. The number of hydroxylamine groups is 1. The van der Waals surface area contributed by atoms with E-state index in [2.05, 4.69) is 0 Å². The lowest BCUT2D eigenvalue weighted by atomic mass is 9.91. The topological polar surface area (TPSA) is 113 Å². The van der Waals surface area contributed by atoms with Crippen LogP contribution >= 0.6 is 11.3 Å². The van der Waals surface area contributed by atoms with E-state index >= 15 is 0 Å². The first-order valence-corrected chi connectivity index (χ1v) is 10.3. The highest BCUT2D eigenvalue weighted by Crippen LogP contribution is 2.32. The van der Waals surface area contributed by atoms with Crippen LogP contribution in [-0.4, -0.2) is 40.9 Å². The van der Waals surface area contributed by atoms with Crippen molar-refractivity contribution in [2.75, 3.05) is 13.1 Å². The number of benzene rings is 1. The van der Waals surface area contributed by atoms with Crippen LogP contribution in [0.3, 0.4) is 0 Å². The SMILES string of the molecule is NC(=O)c1sc2ccccc2c1CC(=O)N1CCC(CCCC(=O)NO)CC1. The van der Waals surface area contributed by atoms with E-state index in [-0.39, 0.29) is 18.2 Å². The number of hydrogen-bond acceptors (Lipinski definition) is 5. The van der Waals surface area contributed by atoms with Crippen LogP contribution in [0.15, 0.2) is 24.3 Å². The number of nitrogens with zero attached hydrogens (tertiary/aromatic N) is 1. The van der Waals surface area contributed by atoms with E-state index in [1.807, 2.05) is 29.2 Å². The molecule has 3 amide bonds. The molecule has 1 saturated heterocycles. The Morgan fingerprint density at radius 1 is 1.21 bits per heavy atom. The zero-order valence-electron chi connectivity index (χ0n) is 15.6. The molecule has 8 heteroatoms. The minimum absolute atomic E-state index is 0.0177. The molecular formula is C20H25N3O4S. The van der Waals surface area contributed by atoms with E-state index in [0.29, 0.717) is 30.3 Å². The van der Waals surface area contributed by atoms with Gasteiger partial charge in [-0.25, -0.2) is 5.48 Å².